The Hall–Kier alpha value is -1.41. The van der Waals surface area contributed by atoms with E-state index in [2.05, 4.69) is 6.58 Å². The van der Waals surface area contributed by atoms with Crippen LogP contribution in [0.2, 0.25) is 0 Å². The topological polar surface area (TPSA) is 37.3 Å². The molecule has 2 nitrogen and oxygen atoms in total. The molecule has 0 heterocycles. The van der Waals surface area contributed by atoms with Crippen molar-refractivity contribution < 1.29 is 9.90 Å². The van der Waals surface area contributed by atoms with E-state index in [4.69, 9.17) is 0 Å². The Bertz CT molecular complexity index is 327. The fourth-order valence-corrected chi connectivity index (χ4v) is 1.24. The molecule has 14 heavy (non-hydrogen) atoms. The summed E-state index contributed by atoms with van der Waals surface area (Å²) in [5, 5.41) is 9.62. The van der Waals surface area contributed by atoms with Gasteiger partial charge in [-0.1, -0.05) is 36.9 Å². The van der Waals surface area contributed by atoms with Crippen LogP contribution in [-0.2, 0) is 4.79 Å². The second kappa shape index (κ2) is 4.72. The minimum atomic E-state index is -0.769. The molecule has 0 aliphatic rings. The van der Waals surface area contributed by atoms with E-state index >= 15 is 0 Å². The highest BCUT2D eigenvalue weighted by atomic mass is 16.3. The van der Waals surface area contributed by atoms with E-state index in [0.29, 0.717) is 5.57 Å². The molecule has 0 aliphatic heterocycles. The molecule has 0 saturated heterocycles. The number of aliphatic hydroxyl groups is 1. The molecule has 1 unspecified atom stereocenters. The largest absolute Gasteiger partial charge is 0.388 e. The van der Waals surface area contributed by atoms with Crippen LogP contribution in [0.4, 0.5) is 0 Å². The van der Waals surface area contributed by atoms with E-state index in [-0.39, 0.29) is 12.2 Å². The zero-order valence-corrected chi connectivity index (χ0v) is 8.23. The Labute approximate surface area is 83.9 Å². The van der Waals surface area contributed by atoms with Crippen LogP contribution in [0.3, 0.4) is 0 Å². The van der Waals surface area contributed by atoms with Crippen molar-refractivity contribution in [2.24, 2.45) is 0 Å². The third kappa shape index (κ3) is 2.82. The van der Waals surface area contributed by atoms with Crippen LogP contribution >= 0.6 is 0 Å². The fourth-order valence-electron chi connectivity index (χ4n) is 1.24. The van der Waals surface area contributed by atoms with E-state index in [1.807, 2.05) is 30.3 Å². The molecule has 2 heteroatoms. The van der Waals surface area contributed by atoms with E-state index in [1.165, 1.54) is 6.92 Å². The van der Waals surface area contributed by atoms with Crippen LogP contribution in [0.15, 0.2) is 36.9 Å². The minimum Gasteiger partial charge on any atom is -0.388 e. The molecule has 1 N–H and O–H groups in total. The molecule has 0 amide bonds. The average molecular weight is 190 g/mol. The molecule has 1 rings (SSSR count). The van der Waals surface area contributed by atoms with Crippen LogP contribution in [0, 0.1) is 0 Å². The van der Waals surface area contributed by atoms with E-state index in [0.717, 1.165) is 5.56 Å². The number of benzene rings is 1. The van der Waals surface area contributed by atoms with Crippen molar-refractivity contribution in [2.75, 3.05) is 0 Å². The maximum atomic E-state index is 10.8. The Morgan fingerprint density at radius 1 is 1.43 bits per heavy atom. The van der Waals surface area contributed by atoms with Crippen molar-refractivity contribution in [3.8, 4) is 0 Å². The monoisotopic (exact) mass is 190 g/mol. The van der Waals surface area contributed by atoms with Crippen molar-refractivity contribution in [1.82, 2.24) is 0 Å². The van der Waals surface area contributed by atoms with Gasteiger partial charge in [0.15, 0.2) is 0 Å². The lowest BCUT2D eigenvalue weighted by Gasteiger charge is -2.11. The molecule has 0 fully saturated rings. The number of Topliss-reactive ketones (excluding diaryl/α,β-unsaturated/α-hetero) is 1. The summed E-state index contributed by atoms with van der Waals surface area (Å²) in [6.07, 6.45) is -0.636. The van der Waals surface area contributed by atoms with Gasteiger partial charge in [0, 0.05) is 6.42 Å². The van der Waals surface area contributed by atoms with Gasteiger partial charge in [-0.3, -0.25) is 4.79 Å². The third-order valence-electron chi connectivity index (χ3n) is 2.03. The second-order valence-electron chi connectivity index (χ2n) is 3.31. The Kier molecular flexibility index (Phi) is 3.60. The number of ketones is 1. The normalized spacial score (nSPS) is 12.1. The maximum Gasteiger partial charge on any atom is 0.132 e. The predicted octanol–water partition coefficient (Wildman–Crippen LogP) is 2.04. The molecule has 0 saturated carbocycles. The zero-order chi connectivity index (χ0) is 10.6. The van der Waals surface area contributed by atoms with Crippen LogP contribution < -0.4 is 0 Å². The smallest absolute Gasteiger partial charge is 0.132 e. The van der Waals surface area contributed by atoms with Gasteiger partial charge in [-0.15, -0.1) is 0 Å². The van der Waals surface area contributed by atoms with Crippen LogP contribution in [0.25, 0.3) is 5.57 Å². The lowest BCUT2D eigenvalue weighted by Crippen LogP contribution is -2.12. The first-order valence-electron chi connectivity index (χ1n) is 4.53. The molecule has 1 atom stereocenters. The number of hydrogen-bond donors (Lipinski definition) is 1. The summed E-state index contributed by atoms with van der Waals surface area (Å²) in [5.41, 5.74) is 1.47. The first-order chi connectivity index (χ1) is 6.61. The average Bonchev–Trinajstić information content (AvgIpc) is 2.17. The molecular weight excluding hydrogens is 176 g/mol. The quantitative estimate of drug-likeness (QED) is 0.788. The van der Waals surface area contributed by atoms with Crippen molar-refractivity contribution in [3.63, 3.8) is 0 Å². The standard InChI is InChI=1S/C12H14O2/c1-9(13)8-12(14)10(2)11-6-4-3-5-7-11/h3-7,12,14H,2,8H2,1H3. The van der Waals surface area contributed by atoms with Crippen LogP contribution in [0.1, 0.15) is 18.9 Å². The number of rotatable bonds is 4. The molecule has 0 radical (unpaired) electrons. The molecule has 74 valence electrons. The Morgan fingerprint density at radius 2 is 2.00 bits per heavy atom. The van der Waals surface area contributed by atoms with E-state index in [9.17, 15) is 9.90 Å². The second-order valence-corrected chi connectivity index (χ2v) is 3.31. The summed E-state index contributed by atoms with van der Waals surface area (Å²) in [7, 11) is 0. The highest BCUT2D eigenvalue weighted by Crippen LogP contribution is 2.17. The summed E-state index contributed by atoms with van der Waals surface area (Å²) in [6, 6.07) is 9.38. The fraction of sp³-hybridized carbons (Fsp3) is 0.250. The van der Waals surface area contributed by atoms with Gasteiger partial charge in [0.1, 0.15) is 5.78 Å². The summed E-state index contributed by atoms with van der Waals surface area (Å²) in [5.74, 6) is -0.0328. The highest BCUT2D eigenvalue weighted by molar-refractivity contribution is 5.80. The van der Waals surface area contributed by atoms with Gasteiger partial charge in [-0.25, -0.2) is 0 Å². The van der Waals surface area contributed by atoms with Gasteiger partial charge in [0.05, 0.1) is 6.10 Å². The summed E-state index contributed by atoms with van der Waals surface area (Å²) in [4.78, 5) is 10.8. The van der Waals surface area contributed by atoms with Gasteiger partial charge in [0.25, 0.3) is 0 Å². The predicted molar refractivity (Wildman–Crippen MR) is 56.8 cm³/mol. The van der Waals surface area contributed by atoms with Gasteiger partial charge in [-0.05, 0) is 18.1 Å². The molecule has 0 spiro atoms. The highest BCUT2D eigenvalue weighted by Gasteiger charge is 2.12. The third-order valence-corrected chi connectivity index (χ3v) is 2.03. The summed E-state index contributed by atoms with van der Waals surface area (Å²) in [6.45, 7) is 5.24. The Balaban J connectivity index is 2.71. The molecular formula is C12H14O2. The molecule has 1 aromatic rings. The molecule has 1 aromatic carbocycles. The SMILES string of the molecule is C=C(c1ccccc1)C(O)CC(C)=O. The van der Waals surface area contributed by atoms with Gasteiger partial charge in [0.2, 0.25) is 0 Å². The van der Waals surface area contributed by atoms with Crippen LogP contribution in [0.5, 0.6) is 0 Å². The number of carbonyl (C=O) groups excluding carboxylic acids is 1. The number of carbonyl (C=O) groups is 1. The van der Waals surface area contributed by atoms with Crippen molar-refractivity contribution in [2.45, 2.75) is 19.4 Å². The zero-order valence-electron chi connectivity index (χ0n) is 8.23. The van der Waals surface area contributed by atoms with Crippen LogP contribution in [-0.4, -0.2) is 17.0 Å². The summed E-state index contributed by atoms with van der Waals surface area (Å²) < 4.78 is 0. The van der Waals surface area contributed by atoms with Gasteiger partial charge < -0.3 is 5.11 Å². The van der Waals surface area contributed by atoms with Gasteiger partial charge in [-0.2, -0.15) is 0 Å². The van der Waals surface area contributed by atoms with E-state index < -0.39 is 6.10 Å². The lowest BCUT2D eigenvalue weighted by molar-refractivity contribution is -0.118. The molecule has 0 aromatic heterocycles. The summed E-state index contributed by atoms with van der Waals surface area (Å²) >= 11 is 0. The minimum absolute atomic E-state index is 0.0328. The van der Waals surface area contributed by atoms with Crippen molar-refractivity contribution >= 4 is 11.4 Å². The lowest BCUT2D eigenvalue weighted by atomic mass is 9.99. The number of hydrogen-bond acceptors (Lipinski definition) is 2. The van der Waals surface area contributed by atoms with Crippen molar-refractivity contribution in [3.05, 3.63) is 42.5 Å². The van der Waals surface area contributed by atoms with E-state index in [1.54, 1.807) is 0 Å². The van der Waals surface area contributed by atoms with Crippen molar-refractivity contribution in [1.29, 1.82) is 0 Å². The van der Waals surface area contributed by atoms with Gasteiger partial charge >= 0.3 is 0 Å². The first kappa shape index (κ1) is 10.7. The first-order valence-corrected chi connectivity index (χ1v) is 4.53. The molecule has 0 aliphatic carbocycles. The Morgan fingerprint density at radius 3 is 2.50 bits per heavy atom. The number of aliphatic hydroxyl groups excluding tert-OH is 1. The maximum absolute atomic E-state index is 10.8. The molecule has 0 bridgehead atoms.